The molecule has 0 spiro atoms. The van der Waals surface area contributed by atoms with Crippen LogP contribution >= 0.6 is 11.3 Å². The third-order valence-electron chi connectivity index (χ3n) is 9.45. The molecule has 0 aliphatic rings. The smallest absolute Gasteiger partial charge is 0.159 e. The monoisotopic (exact) mass is 641 g/mol. The Kier molecular flexibility index (Phi) is 6.30. The van der Waals surface area contributed by atoms with Crippen molar-refractivity contribution in [2.45, 2.75) is 0 Å². The Morgan fingerprint density at radius 3 is 2.00 bits per heavy atom. The Hall–Kier alpha value is -6.34. The number of fused-ring (bicyclic) bond motifs is 11. The van der Waals surface area contributed by atoms with Gasteiger partial charge in [0.15, 0.2) is 5.58 Å². The van der Waals surface area contributed by atoms with Crippen molar-refractivity contribution in [2.24, 2.45) is 0 Å². The highest BCUT2D eigenvalue weighted by molar-refractivity contribution is 7.27. The maximum Gasteiger partial charge on any atom is 0.159 e. The fraction of sp³-hybridized carbons (Fsp3) is 0. The fourth-order valence-corrected chi connectivity index (χ4v) is 8.53. The predicted molar refractivity (Wildman–Crippen MR) is 209 cm³/mol. The Labute approximate surface area is 287 Å². The standard InChI is InChI=1S/C46H27NOS/c1-3-12-30(13-4-1)22-23-31-24-26-39-43(28-31)49-46-38-27-25-33(29-40(38)34-16-7-8-18-36(34)44(39)46)47(32-14-5-2-6-15-32)41-20-11-19-37-35-17-9-10-21-42(35)48-45(37)41/h1-21,24-29H. The molecule has 0 aliphatic heterocycles. The summed E-state index contributed by atoms with van der Waals surface area (Å²) in [5.74, 6) is 6.71. The SMILES string of the molecule is C(#Cc1ccc2c(c1)sc1c3ccc(N(c4ccccc4)c4cccc5c4oc4ccccc45)cc3c3ccccc3c21)c1ccccc1. The van der Waals surface area contributed by atoms with E-state index in [1.165, 1.54) is 41.7 Å². The van der Waals surface area contributed by atoms with Gasteiger partial charge >= 0.3 is 0 Å². The molecule has 0 bridgehead atoms. The van der Waals surface area contributed by atoms with Crippen molar-refractivity contribution in [1.29, 1.82) is 0 Å². The third kappa shape index (κ3) is 4.50. The van der Waals surface area contributed by atoms with Crippen molar-refractivity contribution in [3.63, 3.8) is 0 Å². The van der Waals surface area contributed by atoms with Crippen LogP contribution in [0.4, 0.5) is 17.1 Å². The zero-order valence-corrected chi connectivity index (χ0v) is 27.2. The van der Waals surface area contributed by atoms with Gasteiger partial charge in [0.25, 0.3) is 0 Å². The fourth-order valence-electron chi connectivity index (χ4n) is 7.24. The Balaban J connectivity index is 1.20. The highest BCUT2D eigenvalue weighted by Gasteiger charge is 2.21. The molecule has 0 fully saturated rings. The topological polar surface area (TPSA) is 16.4 Å². The molecule has 2 aromatic heterocycles. The molecule has 3 heteroatoms. The molecule has 0 aliphatic carbocycles. The van der Waals surface area contributed by atoms with E-state index in [0.717, 1.165) is 50.1 Å². The van der Waals surface area contributed by atoms with E-state index < -0.39 is 0 Å². The molecule has 0 saturated carbocycles. The van der Waals surface area contributed by atoms with E-state index in [4.69, 9.17) is 4.42 Å². The normalized spacial score (nSPS) is 11.5. The molecule has 10 aromatic rings. The van der Waals surface area contributed by atoms with E-state index >= 15 is 0 Å². The van der Waals surface area contributed by atoms with Crippen LogP contribution in [0.2, 0.25) is 0 Å². The van der Waals surface area contributed by atoms with Gasteiger partial charge in [0.2, 0.25) is 0 Å². The van der Waals surface area contributed by atoms with Crippen molar-refractivity contribution in [3.05, 3.63) is 175 Å². The first-order chi connectivity index (χ1) is 24.3. The second kappa shape index (κ2) is 11.1. The molecule has 49 heavy (non-hydrogen) atoms. The van der Waals surface area contributed by atoms with Gasteiger partial charge in [-0.15, -0.1) is 11.3 Å². The van der Waals surface area contributed by atoms with Crippen LogP contribution in [0.5, 0.6) is 0 Å². The first kappa shape index (κ1) is 27.7. The largest absolute Gasteiger partial charge is 0.454 e. The maximum atomic E-state index is 6.56. The minimum absolute atomic E-state index is 0.878. The molecule has 10 rings (SSSR count). The molecule has 0 radical (unpaired) electrons. The minimum Gasteiger partial charge on any atom is -0.454 e. The molecule has 0 unspecified atom stereocenters. The number of hydrogen-bond donors (Lipinski definition) is 0. The number of rotatable bonds is 3. The summed E-state index contributed by atoms with van der Waals surface area (Å²) in [6, 6.07) is 57.9. The summed E-state index contributed by atoms with van der Waals surface area (Å²) in [5, 5.41) is 9.81. The first-order valence-electron chi connectivity index (χ1n) is 16.4. The molecular weight excluding hydrogens is 615 g/mol. The van der Waals surface area contributed by atoms with Crippen LogP contribution in [-0.4, -0.2) is 0 Å². The predicted octanol–water partition coefficient (Wildman–Crippen LogP) is 13.1. The quantitative estimate of drug-likeness (QED) is 0.141. The average molecular weight is 642 g/mol. The molecule has 8 aromatic carbocycles. The van der Waals surface area contributed by atoms with Gasteiger partial charge in [0.1, 0.15) is 5.58 Å². The molecule has 2 heterocycles. The minimum atomic E-state index is 0.878. The van der Waals surface area contributed by atoms with Crippen LogP contribution < -0.4 is 4.90 Å². The van der Waals surface area contributed by atoms with Gasteiger partial charge in [-0.25, -0.2) is 0 Å². The lowest BCUT2D eigenvalue weighted by molar-refractivity contribution is 0.669. The van der Waals surface area contributed by atoms with E-state index in [1.807, 2.05) is 53.8 Å². The van der Waals surface area contributed by atoms with Crippen molar-refractivity contribution >= 4 is 92.1 Å². The third-order valence-corrected chi connectivity index (χ3v) is 10.6. The van der Waals surface area contributed by atoms with Crippen molar-refractivity contribution in [1.82, 2.24) is 0 Å². The van der Waals surface area contributed by atoms with Crippen molar-refractivity contribution < 1.29 is 4.42 Å². The highest BCUT2D eigenvalue weighted by atomic mass is 32.1. The van der Waals surface area contributed by atoms with E-state index in [2.05, 4.69) is 138 Å². The average Bonchev–Trinajstić information content (AvgIpc) is 3.74. The molecule has 0 N–H and O–H groups in total. The van der Waals surface area contributed by atoms with E-state index in [9.17, 15) is 0 Å². The van der Waals surface area contributed by atoms with Crippen LogP contribution in [0.15, 0.2) is 168 Å². The Morgan fingerprint density at radius 1 is 0.449 bits per heavy atom. The number of benzene rings is 8. The summed E-state index contributed by atoms with van der Waals surface area (Å²) in [7, 11) is 0. The van der Waals surface area contributed by atoms with E-state index in [-0.39, 0.29) is 0 Å². The zero-order chi connectivity index (χ0) is 32.3. The summed E-state index contributed by atoms with van der Waals surface area (Å²) in [6.45, 7) is 0. The second-order valence-electron chi connectivity index (χ2n) is 12.3. The number of hydrogen-bond acceptors (Lipinski definition) is 3. The number of para-hydroxylation sites is 3. The van der Waals surface area contributed by atoms with Gasteiger partial charge in [-0.2, -0.15) is 0 Å². The van der Waals surface area contributed by atoms with Gasteiger partial charge in [-0.1, -0.05) is 115 Å². The second-order valence-corrected chi connectivity index (χ2v) is 13.4. The summed E-state index contributed by atoms with van der Waals surface area (Å²) in [5.41, 5.74) is 6.98. The van der Waals surface area contributed by atoms with Gasteiger partial charge in [-0.3, -0.25) is 0 Å². The lowest BCUT2D eigenvalue weighted by Gasteiger charge is -2.26. The Morgan fingerprint density at radius 2 is 1.14 bits per heavy atom. The summed E-state index contributed by atoms with van der Waals surface area (Å²) < 4.78 is 9.11. The van der Waals surface area contributed by atoms with Gasteiger partial charge in [-0.05, 0) is 76.8 Å². The Bertz CT molecular complexity index is 2940. The first-order valence-corrected chi connectivity index (χ1v) is 17.2. The summed E-state index contributed by atoms with van der Waals surface area (Å²) >= 11 is 1.86. The molecule has 2 nitrogen and oxygen atoms in total. The number of nitrogens with zero attached hydrogens (tertiary/aromatic N) is 1. The van der Waals surface area contributed by atoms with E-state index in [0.29, 0.717) is 0 Å². The van der Waals surface area contributed by atoms with Gasteiger partial charge < -0.3 is 9.32 Å². The lowest BCUT2D eigenvalue weighted by atomic mass is 9.96. The van der Waals surface area contributed by atoms with Crippen molar-refractivity contribution in [3.8, 4) is 11.8 Å². The zero-order valence-electron chi connectivity index (χ0n) is 26.4. The summed E-state index contributed by atoms with van der Waals surface area (Å²) in [4.78, 5) is 2.33. The number of thiophene rings is 1. The molecule has 0 saturated heterocycles. The van der Waals surface area contributed by atoms with Crippen LogP contribution in [-0.2, 0) is 0 Å². The van der Waals surface area contributed by atoms with Crippen LogP contribution in [0.1, 0.15) is 11.1 Å². The molecule has 228 valence electrons. The number of furan rings is 1. The van der Waals surface area contributed by atoms with Gasteiger partial charge in [0.05, 0.1) is 5.69 Å². The molecule has 0 amide bonds. The summed E-state index contributed by atoms with van der Waals surface area (Å²) in [6.07, 6.45) is 0. The maximum absolute atomic E-state index is 6.56. The number of anilines is 3. The van der Waals surface area contributed by atoms with Crippen LogP contribution in [0, 0.1) is 11.8 Å². The van der Waals surface area contributed by atoms with Crippen LogP contribution in [0.3, 0.4) is 0 Å². The lowest BCUT2D eigenvalue weighted by Crippen LogP contribution is -2.10. The van der Waals surface area contributed by atoms with Crippen LogP contribution in [0.25, 0.3) is 63.7 Å². The van der Waals surface area contributed by atoms with E-state index in [1.54, 1.807) is 0 Å². The highest BCUT2D eigenvalue weighted by Crippen LogP contribution is 2.47. The van der Waals surface area contributed by atoms with Gasteiger partial charge in [0, 0.05) is 58.8 Å². The molecule has 0 atom stereocenters. The molecular formula is C46H27NOS. The van der Waals surface area contributed by atoms with Crippen molar-refractivity contribution in [2.75, 3.05) is 4.90 Å².